The predicted octanol–water partition coefficient (Wildman–Crippen LogP) is -4.59. The molecule has 4 aliphatic rings. The Kier molecular flexibility index (Phi) is 17.9. The molecule has 4 fully saturated rings. The van der Waals surface area contributed by atoms with Gasteiger partial charge in [-0.15, -0.1) is 0 Å². The van der Waals surface area contributed by atoms with Crippen molar-refractivity contribution in [2.75, 3.05) is 26.4 Å². The Morgan fingerprint density at radius 3 is 0.608 bits per heavy atom. The Morgan fingerprint density at radius 1 is 0.270 bits per heavy atom. The fourth-order valence-electron chi connectivity index (χ4n) is 8.91. The van der Waals surface area contributed by atoms with Gasteiger partial charge in [0.25, 0.3) is 0 Å². The van der Waals surface area contributed by atoms with Gasteiger partial charge in [0, 0.05) is 0 Å². The second-order valence-corrected chi connectivity index (χ2v) is 18.1. The third-order valence-electron chi connectivity index (χ3n) is 13.2. The molecule has 0 amide bonds. The monoisotopic (exact) mass is 1040 g/mol. The van der Waals surface area contributed by atoms with Crippen LogP contribution in [-0.4, -0.2) is 231 Å². The number of rotatable bonds is 16. The lowest BCUT2D eigenvalue weighted by Gasteiger charge is -2.39. The third-order valence-corrected chi connectivity index (χ3v) is 13.2. The molecule has 24 heteroatoms. The summed E-state index contributed by atoms with van der Waals surface area (Å²) in [6.07, 6.45) is -31.2. The average Bonchev–Trinajstić information content (AvgIpc) is 3.42. The van der Waals surface area contributed by atoms with Gasteiger partial charge in [0.15, 0.2) is 0 Å². The van der Waals surface area contributed by atoms with Crippen LogP contribution in [0.4, 0.5) is 0 Å². The Morgan fingerprint density at radius 2 is 0.446 bits per heavy atom. The molecular weight excluding hydrogens is 985 g/mol. The van der Waals surface area contributed by atoms with Crippen LogP contribution in [-0.2, 0) is 18.9 Å². The van der Waals surface area contributed by atoms with E-state index >= 15 is 0 Å². The minimum Gasteiger partial charge on any atom is -0.462 e. The Labute approximate surface area is 421 Å². The molecule has 4 heterocycles. The second-order valence-electron chi connectivity index (χ2n) is 18.1. The topological polar surface area (TPSA) is 398 Å². The molecule has 0 unspecified atom stereocenters. The molecule has 0 aromatic heterocycles. The van der Waals surface area contributed by atoms with E-state index in [0.29, 0.717) is 33.4 Å². The summed E-state index contributed by atoms with van der Waals surface area (Å²) in [5.41, 5.74) is 3.01. The molecule has 0 saturated carbocycles. The Bertz CT molecular complexity index is 2100. The first-order valence-corrected chi connectivity index (χ1v) is 23.5. The van der Waals surface area contributed by atoms with E-state index < -0.39 is 149 Å². The van der Waals surface area contributed by atoms with Crippen LogP contribution in [0.5, 0.6) is 23.0 Å². The summed E-state index contributed by atoms with van der Waals surface area (Å²) in [6.45, 7) is -2.74. The van der Waals surface area contributed by atoms with Crippen LogP contribution >= 0.6 is 0 Å². The highest BCUT2D eigenvalue weighted by Gasteiger charge is 2.48. The average molecular weight is 1050 g/mol. The number of ether oxygens (including phenoxy) is 8. The molecule has 4 saturated heterocycles. The standard InChI is InChI=1S/C50H60O24/c51-17-29-35(55)39(59)43(63)47(71-29)67-25-9-1-21(2-10-25)33(22-3-11-26(12-4-22)68-48-44(64)40(60)36(56)30(18-52)72-48)34(23-5-13-27(14-6-23)69-49-45(65)41(61)37(57)31(19-53)73-49)24-7-15-28(16-8-24)70-50-46(66)42(62)38(58)32(20-54)74-50/h1-16,29-32,35-66H,17-20H2/t29-,30-,31-,32-,35-,36-,37-,38-,39+,40+,41+,42+,43+,44+,45+,46+,47+,48+,49+,50+/m1/s1. The SMILES string of the molecule is OC[C@H]1O[C@H](Oc2ccc(C(=C(c3ccc(O[C@H]4O[C@H](CO)[C@@H](O)[C@H](O)[C@@H]4O)cc3)c3ccc(O[C@H]4O[C@H](CO)[C@@H](O)[C@H](O)[C@@H]4O)cc3)c3ccc(O[C@H]4O[C@H](CO)[C@@H](O)[C@H](O)[C@@H]4O)cc3)cc2)[C@@H](O)[C@@H](O)[C@@H]1O. The van der Waals surface area contributed by atoms with E-state index in [0.717, 1.165) is 0 Å². The Balaban J connectivity index is 1.21. The van der Waals surface area contributed by atoms with Gasteiger partial charge in [0.1, 0.15) is 121 Å². The molecule has 20 atom stereocenters. The minimum absolute atomic E-state index is 0.131. The first kappa shape index (κ1) is 55.3. The lowest BCUT2D eigenvalue weighted by Crippen LogP contribution is -2.60. The summed E-state index contributed by atoms with van der Waals surface area (Å²) in [7, 11) is 0. The van der Waals surface area contributed by atoms with Crippen molar-refractivity contribution in [2.45, 2.75) is 123 Å². The molecule has 16 N–H and O–H groups in total. The predicted molar refractivity (Wildman–Crippen MR) is 248 cm³/mol. The van der Waals surface area contributed by atoms with Gasteiger partial charge in [-0.1, -0.05) is 48.5 Å². The molecule has 4 aromatic carbocycles. The zero-order valence-electron chi connectivity index (χ0n) is 39.0. The quantitative estimate of drug-likeness (QED) is 0.0470. The summed E-state index contributed by atoms with van der Waals surface area (Å²) >= 11 is 0. The van der Waals surface area contributed by atoms with Crippen molar-refractivity contribution in [3.05, 3.63) is 119 Å². The van der Waals surface area contributed by atoms with Gasteiger partial charge < -0.3 is 120 Å². The summed E-state index contributed by atoms with van der Waals surface area (Å²) in [5, 5.41) is 165. The van der Waals surface area contributed by atoms with Crippen LogP contribution in [0, 0.1) is 0 Å². The molecule has 4 aliphatic heterocycles. The van der Waals surface area contributed by atoms with Crippen LogP contribution in [0.25, 0.3) is 11.1 Å². The van der Waals surface area contributed by atoms with E-state index in [1.54, 1.807) is 48.5 Å². The van der Waals surface area contributed by atoms with E-state index in [1.807, 2.05) is 0 Å². The van der Waals surface area contributed by atoms with Crippen molar-refractivity contribution in [1.82, 2.24) is 0 Å². The van der Waals surface area contributed by atoms with E-state index in [4.69, 9.17) is 37.9 Å². The second kappa shape index (κ2) is 23.9. The van der Waals surface area contributed by atoms with Gasteiger partial charge in [0.05, 0.1) is 26.4 Å². The van der Waals surface area contributed by atoms with E-state index in [2.05, 4.69) is 0 Å². The molecule has 0 bridgehead atoms. The normalized spacial score (nSPS) is 36.4. The number of aliphatic hydroxyl groups excluding tert-OH is 16. The van der Waals surface area contributed by atoms with Crippen LogP contribution < -0.4 is 18.9 Å². The summed E-state index contributed by atoms with van der Waals surface area (Å²) < 4.78 is 45.8. The number of benzene rings is 4. The van der Waals surface area contributed by atoms with Gasteiger partial charge >= 0.3 is 0 Å². The van der Waals surface area contributed by atoms with Crippen molar-refractivity contribution in [3.8, 4) is 23.0 Å². The molecule has 74 heavy (non-hydrogen) atoms. The number of hydrogen-bond donors (Lipinski definition) is 16. The summed E-state index contributed by atoms with van der Waals surface area (Å²) in [4.78, 5) is 0. The smallest absolute Gasteiger partial charge is 0.229 e. The molecule has 0 aliphatic carbocycles. The van der Waals surface area contributed by atoms with Crippen molar-refractivity contribution < 1.29 is 120 Å². The van der Waals surface area contributed by atoms with Crippen molar-refractivity contribution in [2.24, 2.45) is 0 Å². The Hall–Kier alpha value is -4.98. The van der Waals surface area contributed by atoms with E-state index in [-0.39, 0.29) is 23.0 Å². The fourth-order valence-corrected chi connectivity index (χ4v) is 8.91. The first-order valence-electron chi connectivity index (χ1n) is 23.5. The lowest BCUT2D eigenvalue weighted by atomic mass is 9.85. The zero-order chi connectivity index (χ0) is 53.1. The van der Waals surface area contributed by atoms with Crippen molar-refractivity contribution in [3.63, 3.8) is 0 Å². The van der Waals surface area contributed by atoms with Gasteiger partial charge in [-0.2, -0.15) is 0 Å². The van der Waals surface area contributed by atoms with Gasteiger partial charge in [-0.3, -0.25) is 0 Å². The highest BCUT2D eigenvalue weighted by atomic mass is 16.7. The summed E-state index contributed by atoms with van der Waals surface area (Å²) in [5.74, 6) is 0.525. The maximum Gasteiger partial charge on any atom is 0.229 e. The van der Waals surface area contributed by atoms with Crippen molar-refractivity contribution >= 4 is 11.1 Å². The maximum absolute atomic E-state index is 10.7. The van der Waals surface area contributed by atoms with E-state index in [1.165, 1.54) is 48.5 Å². The van der Waals surface area contributed by atoms with Crippen LogP contribution in [0.1, 0.15) is 22.3 Å². The largest absolute Gasteiger partial charge is 0.462 e. The maximum atomic E-state index is 10.7. The number of hydrogen-bond acceptors (Lipinski definition) is 24. The highest BCUT2D eigenvalue weighted by molar-refractivity contribution is 6.04. The van der Waals surface area contributed by atoms with Crippen molar-refractivity contribution in [1.29, 1.82) is 0 Å². The molecule has 0 spiro atoms. The summed E-state index contributed by atoms with van der Waals surface area (Å²) in [6, 6.07) is 25.4. The fraction of sp³-hybridized carbons (Fsp3) is 0.480. The van der Waals surface area contributed by atoms with Gasteiger partial charge in [-0.25, -0.2) is 0 Å². The number of aliphatic hydroxyl groups is 16. The van der Waals surface area contributed by atoms with E-state index in [9.17, 15) is 81.7 Å². The van der Waals surface area contributed by atoms with Gasteiger partial charge in [-0.05, 0) is 81.9 Å². The van der Waals surface area contributed by atoms with Crippen LogP contribution in [0.15, 0.2) is 97.1 Å². The minimum atomic E-state index is -1.71. The molecular formula is C50H60O24. The molecule has 4 aromatic rings. The molecule has 8 rings (SSSR count). The zero-order valence-corrected chi connectivity index (χ0v) is 39.0. The molecule has 24 nitrogen and oxygen atoms in total. The first-order chi connectivity index (χ1) is 35.5. The lowest BCUT2D eigenvalue weighted by molar-refractivity contribution is -0.277. The van der Waals surface area contributed by atoms with Crippen LogP contribution in [0.3, 0.4) is 0 Å². The molecule has 404 valence electrons. The third kappa shape index (κ3) is 11.6. The van der Waals surface area contributed by atoms with Crippen LogP contribution in [0.2, 0.25) is 0 Å². The molecule has 0 radical (unpaired) electrons. The highest BCUT2D eigenvalue weighted by Crippen LogP contribution is 2.40. The van der Waals surface area contributed by atoms with Gasteiger partial charge in [0.2, 0.25) is 25.2 Å².